The fourth-order valence-electron chi connectivity index (χ4n) is 2.94. The second kappa shape index (κ2) is 5.65. The van der Waals surface area contributed by atoms with Crippen LogP contribution in [0.3, 0.4) is 0 Å². The van der Waals surface area contributed by atoms with Crippen molar-refractivity contribution in [3.8, 4) is 0 Å². The van der Waals surface area contributed by atoms with Gasteiger partial charge in [0.15, 0.2) is 0 Å². The summed E-state index contributed by atoms with van der Waals surface area (Å²) < 4.78 is 11.3. The van der Waals surface area contributed by atoms with Gasteiger partial charge in [-0.3, -0.25) is 4.90 Å². The molecular weight excluding hydrogens is 216 g/mol. The Morgan fingerprint density at radius 1 is 1.53 bits per heavy atom. The van der Waals surface area contributed by atoms with Gasteiger partial charge in [0.05, 0.1) is 6.61 Å². The van der Waals surface area contributed by atoms with Crippen LogP contribution in [0.2, 0.25) is 0 Å². The molecule has 17 heavy (non-hydrogen) atoms. The number of nitrogens with zero attached hydrogens (tertiary/aromatic N) is 1. The number of piperazine rings is 1. The summed E-state index contributed by atoms with van der Waals surface area (Å²) in [4.78, 5) is 2.58. The van der Waals surface area contributed by atoms with Gasteiger partial charge >= 0.3 is 0 Å². The summed E-state index contributed by atoms with van der Waals surface area (Å²) in [6.45, 7) is 9.32. The van der Waals surface area contributed by atoms with Crippen LogP contribution < -0.4 is 5.32 Å². The molecule has 2 heterocycles. The van der Waals surface area contributed by atoms with Gasteiger partial charge in [-0.05, 0) is 13.3 Å². The van der Waals surface area contributed by atoms with E-state index >= 15 is 0 Å². The van der Waals surface area contributed by atoms with Crippen LogP contribution in [-0.2, 0) is 9.47 Å². The lowest BCUT2D eigenvalue weighted by atomic mass is 9.98. The van der Waals surface area contributed by atoms with Crippen molar-refractivity contribution < 1.29 is 9.47 Å². The van der Waals surface area contributed by atoms with E-state index in [2.05, 4.69) is 24.1 Å². The first-order valence-electron chi connectivity index (χ1n) is 6.79. The fraction of sp³-hybridized carbons (Fsp3) is 1.00. The Hall–Kier alpha value is -0.160. The van der Waals surface area contributed by atoms with Crippen molar-refractivity contribution in [3.63, 3.8) is 0 Å². The minimum Gasteiger partial charge on any atom is -0.378 e. The van der Waals surface area contributed by atoms with Gasteiger partial charge in [-0.25, -0.2) is 0 Å². The van der Waals surface area contributed by atoms with E-state index in [-0.39, 0.29) is 5.60 Å². The summed E-state index contributed by atoms with van der Waals surface area (Å²) in [6.07, 6.45) is 2.22. The zero-order valence-electron chi connectivity index (χ0n) is 11.4. The minimum atomic E-state index is -0.0650. The molecule has 0 aromatic carbocycles. The maximum Gasteiger partial charge on any atom is 0.106 e. The van der Waals surface area contributed by atoms with E-state index < -0.39 is 0 Å². The predicted molar refractivity (Wildman–Crippen MR) is 68.3 cm³/mol. The van der Waals surface area contributed by atoms with Crippen molar-refractivity contribution in [3.05, 3.63) is 0 Å². The fourth-order valence-corrected chi connectivity index (χ4v) is 2.94. The van der Waals surface area contributed by atoms with E-state index in [0.29, 0.717) is 12.1 Å². The summed E-state index contributed by atoms with van der Waals surface area (Å²) in [7, 11) is 1.82. The summed E-state index contributed by atoms with van der Waals surface area (Å²) in [5.74, 6) is 0. The van der Waals surface area contributed by atoms with Crippen molar-refractivity contribution in [1.82, 2.24) is 10.2 Å². The molecule has 3 atom stereocenters. The van der Waals surface area contributed by atoms with Crippen molar-refractivity contribution in [1.29, 1.82) is 0 Å². The molecule has 4 heteroatoms. The number of hydrogen-bond acceptors (Lipinski definition) is 4. The summed E-state index contributed by atoms with van der Waals surface area (Å²) >= 11 is 0. The van der Waals surface area contributed by atoms with E-state index in [1.165, 1.54) is 6.42 Å². The number of nitrogens with one attached hydrogen (secondary N) is 1. The highest BCUT2D eigenvalue weighted by Crippen LogP contribution is 2.25. The topological polar surface area (TPSA) is 33.7 Å². The first-order chi connectivity index (χ1) is 8.19. The Labute approximate surface area is 105 Å². The zero-order valence-corrected chi connectivity index (χ0v) is 11.4. The molecule has 100 valence electrons. The van der Waals surface area contributed by atoms with Gasteiger partial charge in [0.25, 0.3) is 0 Å². The highest BCUT2D eigenvalue weighted by Gasteiger charge is 2.39. The Morgan fingerprint density at radius 2 is 2.35 bits per heavy atom. The second-order valence-electron chi connectivity index (χ2n) is 5.49. The van der Waals surface area contributed by atoms with E-state index in [1.807, 2.05) is 7.11 Å². The van der Waals surface area contributed by atoms with Crippen LogP contribution in [0.25, 0.3) is 0 Å². The van der Waals surface area contributed by atoms with Gasteiger partial charge in [0.1, 0.15) is 5.60 Å². The average Bonchev–Trinajstić information content (AvgIpc) is 2.79. The lowest BCUT2D eigenvalue weighted by Gasteiger charge is -2.43. The lowest BCUT2D eigenvalue weighted by molar-refractivity contribution is -0.0548. The summed E-state index contributed by atoms with van der Waals surface area (Å²) in [5, 5.41) is 3.55. The monoisotopic (exact) mass is 242 g/mol. The molecule has 2 saturated heterocycles. The first kappa shape index (κ1) is 13.3. The molecule has 0 spiro atoms. The maximum absolute atomic E-state index is 5.74. The normalized spacial score (nSPS) is 39.7. The Balaban J connectivity index is 1.98. The Morgan fingerprint density at radius 3 is 2.94 bits per heavy atom. The van der Waals surface area contributed by atoms with Gasteiger partial charge in [0.2, 0.25) is 0 Å². The van der Waals surface area contributed by atoms with E-state index in [9.17, 15) is 0 Å². The van der Waals surface area contributed by atoms with Gasteiger partial charge in [0, 0.05) is 51.9 Å². The minimum absolute atomic E-state index is 0.0650. The molecule has 2 rings (SSSR count). The lowest BCUT2D eigenvalue weighted by Crippen LogP contribution is -2.59. The smallest absolute Gasteiger partial charge is 0.106 e. The molecule has 0 aliphatic carbocycles. The van der Waals surface area contributed by atoms with Crippen LogP contribution in [0.15, 0.2) is 0 Å². The van der Waals surface area contributed by atoms with Crippen LogP contribution in [0.5, 0.6) is 0 Å². The summed E-state index contributed by atoms with van der Waals surface area (Å²) in [5.41, 5.74) is -0.0650. The Bertz CT molecular complexity index is 242. The number of ether oxygens (including phenoxy) is 2. The quantitative estimate of drug-likeness (QED) is 0.793. The van der Waals surface area contributed by atoms with Crippen molar-refractivity contribution >= 4 is 0 Å². The van der Waals surface area contributed by atoms with Gasteiger partial charge < -0.3 is 14.8 Å². The molecule has 4 nitrogen and oxygen atoms in total. The molecule has 0 aromatic heterocycles. The largest absolute Gasteiger partial charge is 0.378 e. The second-order valence-corrected chi connectivity index (χ2v) is 5.49. The highest BCUT2D eigenvalue weighted by molar-refractivity contribution is 4.93. The Kier molecular flexibility index (Phi) is 4.42. The first-order valence-corrected chi connectivity index (χ1v) is 6.79. The molecular formula is C13H26N2O2. The molecule has 2 fully saturated rings. The number of methoxy groups -OCH3 is 1. The van der Waals surface area contributed by atoms with E-state index in [0.717, 1.165) is 39.3 Å². The molecule has 0 amide bonds. The van der Waals surface area contributed by atoms with Crippen molar-refractivity contribution in [2.24, 2.45) is 0 Å². The average molecular weight is 242 g/mol. The standard InChI is InChI=1S/C13H26N2O2/c1-4-12-7-14-11(2)8-15(12)9-13(16-3)5-6-17-10-13/h11-12,14H,4-10H2,1-3H3. The molecule has 0 radical (unpaired) electrons. The van der Waals surface area contributed by atoms with Crippen LogP contribution in [0.4, 0.5) is 0 Å². The molecule has 0 aromatic rings. The van der Waals surface area contributed by atoms with Gasteiger partial charge in [-0.1, -0.05) is 6.92 Å². The van der Waals surface area contributed by atoms with Crippen LogP contribution in [0, 0.1) is 0 Å². The van der Waals surface area contributed by atoms with Crippen LogP contribution in [0.1, 0.15) is 26.7 Å². The van der Waals surface area contributed by atoms with E-state index in [1.54, 1.807) is 0 Å². The maximum atomic E-state index is 5.74. The third kappa shape index (κ3) is 2.99. The third-order valence-electron chi connectivity index (χ3n) is 4.19. The third-order valence-corrected chi connectivity index (χ3v) is 4.19. The molecule has 0 bridgehead atoms. The molecule has 2 aliphatic heterocycles. The summed E-state index contributed by atoms with van der Waals surface area (Å²) in [6, 6.07) is 1.22. The predicted octanol–water partition coefficient (Wildman–Crippen LogP) is 0.864. The molecule has 3 unspecified atom stereocenters. The van der Waals surface area contributed by atoms with Gasteiger partial charge in [-0.2, -0.15) is 0 Å². The number of rotatable bonds is 4. The SMILES string of the molecule is CCC1CNC(C)CN1CC1(OC)CCOC1. The van der Waals surface area contributed by atoms with Crippen LogP contribution in [-0.4, -0.2) is 62.5 Å². The van der Waals surface area contributed by atoms with Crippen LogP contribution >= 0.6 is 0 Å². The van der Waals surface area contributed by atoms with Crippen molar-refractivity contribution in [2.45, 2.75) is 44.4 Å². The molecule has 0 saturated carbocycles. The zero-order chi connectivity index (χ0) is 12.3. The van der Waals surface area contributed by atoms with E-state index in [4.69, 9.17) is 9.47 Å². The highest BCUT2D eigenvalue weighted by atomic mass is 16.5. The molecule has 2 aliphatic rings. The van der Waals surface area contributed by atoms with Crippen molar-refractivity contribution in [2.75, 3.05) is 40.0 Å². The molecule has 1 N–H and O–H groups in total. The number of hydrogen-bond donors (Lipinski definition) is 1. The van der Waals surface area contributed by atoms with Gasteiger partial charge in [-0.15, -0.1) is 0 Å².